The van der Waals surface area contributed by atoms with Gasteiger partial charge >= 0.3 is 0 Å². The zero-order chi connectivity index (χ0) is 16.2. The highest BCUT2D eigenvalue weighted by atomic mass is 79.9. The first-order chi connectivity index (χ1) is 11.2. The molecule has 0 unspecified atom stereocenters. The number of halogens is 1. The SMILES string of the molecule is COc1ccc(CNC(=O)c2ccc3ccccc3c2Br)cc1. The number of rotatable bonds is 4. The van der Waals surface area contributed by atoms with E-state index in [2.05, 4.69) is 21.2 Å². The molecule has 0 aliphatic rings. The van der Waals surface area contributed by atoms with Crippen molar-refractivity contribution in [3.05, 3.63) is 76.3 Å². The highest BCUT2D eigenvalue weighted by molar-refractivity contribution is 9.10. The smallest absolute Gasteiger partial charge is 0.252 e. The average molecular weight is 370 g/mol. The van der Waals surface area contributed by atoms with Gasteiger partial charge in [-0.05, 0) is 50.5 Å². The Morgan fingerprint density at radius 3 is 2.52 bits per heavy atom. The van der Waals surface area contributed by atoms with E-state index in [-0.39, 0.29) is 5.91 Å². The molecule has 0 radical (unpaired) electrons. The molecule has 0 saturated heterocycles. The lowest BCUT2D eigenvalue weighted by atomic mass is 10.1. The normalized spacial score (nSPS) is 10.5. The van der Waals surface area contributed by atoms with E-state index in [9.17, 15) is 4.79 Å². The monoisotopic (exact) mass is 369 g/mol. The molecule has 3 nitrogen and oxygen atoms in total. The van der Waals surface area contributed by atoms with Crippen molar-refractivity contribution >= 4 is 32.6 Å². The molecular formula is C19H16BrNO2. The molecule has 116 valence electrons. The van der Waals surface area contributed by atoms with Crippen LogP contribution in [0, 0.1) is 0 Å². The summed E-state index contributed by atoms with van der Waals surface area (Å²) in [5.74, 6) is 0.704. The fraction of sp³-hybridized carbons (Fsp3) is 0.105. The number of fused-ring (bicyclic) bond motifs is 1. The second-order valence-corrected chi connectivity index (χ2v) is 5.97. The Balaban J connectivity index is 1.76. The molecule has 0 aliphatic carbocycles. The molecule has 3 aromatic carbocycles. The summed E-state index contributed by atoms with van der Waals surface area (Å²) in [5, 5.41) is 5.08. The number of benzene rings is 3. The van der Waals surface area contributed by atoms with Crippen molar-refractivity contribution in [2.24, 2.45) is 0 Å². The Morgan fingerprint density at radius 2 is 1.78 bits per heavy atom. The van der Waals surface area contributed by atoms with Gasteiger partial charge in [0.25, 0.3) is 5.91 Å². The van der Waals surface area contributed by atoms with Crippen LogP contribution in [0.2, 0.25) is 0 Å². The Labute approximate surface area is 143 Å². The van der Waals surface area contributed by atoms with Crippen LogP contribution < -0.4 is 10.1 Å². The molecule has 0 bridgehead atoms. The molecule has 1 N–H and O–H groups in total. The third-order valence-electron chi connectivity index (χ3n) is 3.72. The van der Waals surface area contributed by atoms with Gasteiger partial charge in [-0.25, -0.2) is 0 Å². The molecule has 4 heteroatoms. The molecule has 0 aliphatic heterocycles. The van der Waals surface area contributed by atoms with Crippen molar-refractivity contribution in [1.82, 2.24) is 5.32 Å². The molecule has 1 amide bonds. The van der Waals surface area contributed by atoms with Crippen LogP contribution in [0.15, 0.2) is 65.1 Å². The van der Waals surface area contributed by atoms with E-state index >= 15 is 0 Å². The predicted molar refractivity (Wildman–Crippen MR) is 95.8 cm³/mol. The van der Waals surface area contributed by atoms with Crippen molar-refractivity contribution in [3.8, 4) is 5.75 Å². The number of nitrogens with one attached hydrogen (secondary N) is 1. The molecule has 3 rings (SSSR count). The quantitative estimate of drug-likeness (QED) is 0.732. The zero-order valence-electron chi connectivity index (χ0n) is 12.7. The molecule has 23 heavy (non-hydrogen) atoms. The van der Waals surface area contributed by atoms with Gasteiger partial charge < -0.3 is 10.1 Å². The maximum absolute atomic E-state index is 12.4. The largest absolute Gasteiger partial charge is 0.497 e. The summed E-state index contributed by atoms with van der Waals surface area (Å²) in [6.45, 7) is 0.474. The highest BCUT2D eigenvalue weighted by Crippen LogP contribution is 2.27. The van der Waals surface area contributed by atoms with E-state index in [1.165, 1.54) is 0 Å². The summed E-state index contributed by atoms with van der Waals surface area (Å²) in [4.78, 5) is 12.4. The molecule has 0 spiro atoms. The number of hydrogen-bond acceptors (Lipinski definition) is 2. The first-order valence-corrected chi connectivity index (χ1v) is 8.06. The number of carbonyl (C=O) groups is 1. The Morgan fingerprint density at radius 1 is 1.04 bits per heavy atom. The second-order valence-electron chi connectivity index (χ2n) is 5.18. The topological polar surface area (TPSA) is 38.3 Å². The first-order valence-electron chi connectivity index (χ1n) is 7.27. The number of carbonyl (C=O) groups excluding carboxylic acids is 1. The Kier molecular flexibility index (Phi) is 4.63. The summed E-state index contributed by atoms with van der Waals surface area (Å²) in [7, 11) is 1.63. The third kappa shape index (κ3) is 3.37. The van der Waals surface area contributed by atoms with E-state index in [1.807, 2.05) is 60.7 Å². The van der Waals surface area contributed by atoms with Crippen molar-refractivity contribution in [1.29, 1.82) is 0 Å². The summed E-state index contributed by atoms with van der Waals surface area (Å²) < 4.78 is 5.95. The minimum Gasteiger partial charge on any atom is -0.497 e. The zero-order valence-corrected chi connectivity index (χ0v) is 14.3. The van der Waals surface area contributed by atoms with Gasteiger partial charge in [-0.3, -0.25) is 4.79 Å². The van der Waals surface area contributed by atoms with E-state index in [4.69, 9.17) is 4.74 Å². The Hall–Kier alpha value is -2.33. The minimum absolute atomic E-state index is 0.0987. The molecular weight excluding hydrogens is 354 g/mol. The van der Waals surface area contributed by atoms with Gasteiger partial charge in [-0.1, -0.05) is 42.5 Å². The van der Waals surface area contributed by atoms with Gasteiger partial charge in [0.15, 0.2) is 0 Å². The van der Waals surface area contributed by atoms with Gasteiger partial charge in [0, 0.05) is 11.0 Å². The van der Waals surface area contributed by atoms with Gasteiger partial charge in [-0.15, -0.1) is 0 Å². The first kappa shape index (κ1) is 15.6. The second kappa shape index (κ2) is 6.84. The van der Waals surface area contributed by atoms with Crippen LogP contribution in [0.5, 0.6) is 5.75 Å². The van der Waals surface area contributed by atoms with Crippen molar-refractivity contribution in [3.63, 3.8) is 0 Å². The van der Waals surface area contributed by atoms with Crippen molar-refractivity contribution < 1.29 is 9.53 Å². The van der Waals surface area contributed by atoms with Crippen molar-refractivity contribution in [2.45, 2.75) is 6.54 Å². The van der Waals surface area contributed by atoms with Crippen molar-refractivity contribution in [2.75, 3.05) is 7.11 Å². The molecule has 0 saturated carbocycles. The van der Waals surface area contributed by atoms with Crippen LogP contribution in [-0.2, 0) is 6.54 Å². The number of ether oxygens (including phenoxy) is 1. The third-order valence-corrected chi connectivity index (χ3v) is 4.57. The molecule has 0 heterocycles. The number of methoxy groups -OCH3 is 1. The van der Waals surface area contributed by atoms with Gasteiger partial charge in [0.2, 0.25) is 0 Å². The highest BCUT2D eigenvalue weighted by Gasteiger charge is 2.12. The summed E-state index contributed by atoms with van der Waals surface area (Å²) in [5.41, 5.74) is 1.66. The van der Waals surface area contributed by atoms with Crippen LogP contribution in [0.3, 0.4) is 0 Å². The maximum atomic E-state index is 12.4. The van der Waals surface area contributed by atoms with Gasteiger partial charge in [0.1, 0.15) is 5.75 Å². The van der Waals surface area contributed by atoms with E-state index in [0.29, 0.717) is 12.1 Å². The van der Waals surface area contributed by atoms with E-state index in [1.54, 1.807) is 7.11 Å². The Bertz CT molecular complexity index is 844. The van der Waals surface area contributed by atoms with E-state index in [0.717, 1.165) is 26.6 Å². The lowest BCUT2D eigenvalue weighted by molar-refractivity contribution is 0.0950. The van der Waals surface area contributed by atoms with Crippen LogP contribution in [0.25, 0.3) is 10.8 Å². The lowest BCUT2D eigenvalue weighted by Gasteiger charge is -2.09. The number of hydrogen-bond donors (Lipinski definition) is 1. The lowest BCUT2D eigenvalue weighted by Crippen LogP contribution is -2.23. The summed E-state index contributed by atoms with van der Waals surface area (Å²) in [6, 6.07) is 19.4. The van der Waals surface area contributed by atoms with Gasteiger partial charge in [0.05, 0.1) is 12.7 Å². The molecule has 0 atom stereocenters. The molecule has 0 fully saturated rings. The number of amides is 1. The predicted octanol–water partition coefficient (Wildman–Crippen LogP) is 4.54. The van der Waals surface area contributed by atoms with E-state index < -0.39 is 0 Å². The van der Waals surface area contributed by atoms with Crippen LogP contribution in [0.4, 0.5) is 0 Å². The molecule has 3 aromatic rings. The fourth-order valence-electron chi connectivity index (χ4n) is 2.43. The standard InChI is InChI=1S/C19H16BrNO2/c1-23-15-9-6-13(7-10-15)12-21-19(22)17-11-8-14-4-2-3-5-16(14)18(17)20/h2-11H,12H2,1H3,(H,21,22). The van der Waals surface area contributed by atoms with Crippen LogP contribution in [-0.4, -0.2) is 13.0 Å². The van der Waals surface area contributed by atoms with Crippen LogP contribution in [0.1, 0.15) is 15.9 Å². The fourth-order valence-corrected chi connectivity index (χ4v) is 3.10. The average Bonchev–Trinajstić information content (AvgIpc) is 2.60. The minimum atomic E-state index is -0.0987. The summed E-state index contributed by atoms with van der Waals surface area (Å²) in [6.07, 6.45) is 0. The summed E-state index contributed by atoms with van der Waals surface area (Å²) >= 11 is 3.55. The maximum Gasteiger partial charge on any atom is 0.252 e. The van der Waals surface area contributed by atoms with Crippen LogP contribution >= 0.6 is 15.9 Å². The van der Waals surface area contributed by atoms with Gasteiger partial charge in [-0.2, -0.15) is 0 Å². The molecule has 0 aromatic heterocycles.